The van der Waals surface area contributed by atoms with Crippen LogP contribution in [0.15, 0.2) is 176 Å². The number of aryl methyl sites for hydroxylation is 1. The van der Waals surface area contributed by atoms with Gasteiger partial charge in [0.25, 0.3) is 0 Å². The van der Waals surface area contributed by atoms with E-state index in [2.05, 4.69) is 97.9 Å². The number of pyridine rings is 1. The monoisotopic (exact) mass is 1100 g/mol. The predicted octanol–water partition coefficient (Wildman–Crippen LogP) is 17.0. The second kappa shape index (κ2) is 17.2. The maximum absolute atomic E-state index is 9.59. The number of anilines is 4. The van der Waals surface area contributed by atoms with Crippen molar-refractivity contribution >= 4 is 44.6 Å². The van der Waals surface area contributed by atoms with E-state index in [1.165, 1.54) is 0 Å². The average molecular weight is 1100 g/mol. The van der Waals surface area contributed by atoms with Gasteiger partial charge in [0.15, 0.2) is 0 Å². The van der Waals surface area contributed by atoms with Crippen LogP contribution in [0.3, 0.4) is 0 Å². The summed E-state index contributed by atoms with van der Waals surface area (Å²) in [5.41, 5.74) is 10.6. The summed E-state index contributed by atoms with van der Waals surface area (Å²) in [5.74, 6) is 1.90. The Hall–Kier alpha value is -7.40. The molecular weight excluding hydrogens is 1040 g/mol. The summed E-state index contributed by atoms with van der Waals surface area (Å²) in [6.45, 7) is 12.1. The van der Waals surface area contributed by atoms with Crippen molar-refractivity contribution in [2.75, 3.05) is 9.80 Å². The van der Waals surface area contributed by atoms with E-state index in [9.17, 15) is 4.11 Å². The SMILES string of the molecule is [2H]c1c(C(C)(C)C)c([2H])c2c3ccc4[c-]c3n(c2c1[2H])-c1ccc(cn1)-c1ccc(c(C([2H])([2H])[2H])c1)Oc1ccc(cc1)-c1cc(C(C)(C)C)cc(-c2ccccc2)c1N1[CH-]N(c2[c-]c(ccc2)O4)c2ccccc21.[Pt]. The van der Waals surface area contributed by atoms with Crippen LogP contribution in [0.4, 0.5) is 22.7 Å². The van der Waals surface area contributed by atoms with E-state index in [0.29, 0.717) is 61.6 Å². The summed E-state index contributed by atoms with van der Waals surface area (Å²) in [6, 6.07) is 56.5. The zero-order valence-electron chi connectivity index (χ0n) is 45.5. The Morgan fingerprint density at radius 1 is 0.600 bits per heavy atom. The van der Waals surface area contributed by atoms with Crippen molar-refractivity contribution in [1.82, 2.24) is 9.55 Å². The van der Waals surface area contributed by atoms with Gasteiger partial charge >= 0.3 is 0 Å². The molecule has 5 aliphatic heterocycles. The Kier molecular flexibility index (Phi) is 9.46. The zero-order chi connectivity index (χ0) is 52.3. The van der Waals surface area contributed by atoms with Crippen LogP contribution in [0.1, 0.15) is 66.5 Å². The molecule has 0 saturated carbocycles. The number of hydrogen-bond acceptors (Lipinski definition) is 5. The molecule has 10 aromatic rings. The van der Waals surface area contributed by atoms with Crippen LogP contribution >= 0.6 is 0 Å². The van der Waals surface area contributed by atoms with Crippen LogP contribution in [0.5, 0.6) is 23.0 Å². The summed E-state index contributed by atoms with van der Waals surface area (Å²) in [7, 11) is 0. The van der Waals surface area contributed by atoms with Gasteiger partial charge in [0, 0.05) is 82.1 Å². The van der Waals surface area contributed by atoms with Crippen LogP contribution in [0, 0.1) is 25.7 Å². The third-order valence-corrected chi connectivity index (χ3v) is 13.0. The molecule has 0 atom stereocenters. The molecule has 5 aliphatic rings. The van der Waals surface area contributed by atoms with Gasteiger partial charge in [-0.15, -0.1) is 48.1 Å². The normalized spacial score (nSPS) is 14.5. The molecule has 2 aromatic heterocycles. The van der Waals surface area contributed by atoms with E-state index >= 15 is 0 Å². The summed E-state index contributed by atoms with van der Waals surface area (Å²) in [6.07, 6.45) is 1.66. The van der Waals surface area contributed by atoms with Gasteiger partial charge < -0.3 is 23.8 Å². The minimum atomic E-state index is -2.52. The molecule has 348 valence electrons. The van der Waals surface area contributed by atoms with Crippen LogP contribution in [-0.4, -0.2) is 9.55 Å². The first kappa shape index (κ1) is 38.4. The summed E-state index contributed by atoms with van der Waals surface area (Å²) in [5, 5.41) is 1.16. The second-order valence-corrected chi connectivity index (χ2v) is 19.8. The van der Waals surface area contributed by atoms with Crippen LogP contribution in [-0.2, 0) is 31.9 Å². The average Bonchev–Trinajstić information content (AvgIpc) is 4.10. The van der Waals surface area contributed by atoms with Gasteiger partial charge in [-0.25, -0.2) is 4.98 Å². The third-order valence-electron chi connectivity index (χ3n) is 13.0. The molecule has 0 saturated heterocycles. The Morgan fingerprint density at radius 3 is 2.00 bits per heavy atom. The fourth-order valence-corrected chi connectivity index (χ4v) is 9.32. The Balaban J connectivity index is 0.00000616. The van der Waals surface area contributed by atoms with Crippen LogP contribution in [0.25, 0.3) is 61.0 Å². The fourth-order valence-electron chi connectivity index (χ4n) is 9.32. The summed E-state index contributed by atoms with van der Waals surface area (Å²) in [4.78, 5) is 9.28. The van der Waals surface area contributed by atoms with Gasteiger partial charge in [-0.05, 0) is 123 Å². The molecule has 15 rings (SSSR count). The minimum Gasteiger partial charge on any atom is -0.509 e. The van der Waals surface area contributed by atoms with Crippen molar-refractivity contribution in [1.29, 1.82) is 0 Å². The number of hydrogen-bond donors (Lipinski definition) is 0. The second-order valence-electron chi connectivity index (χ2n) is 19.8. The van der Waals surface area contributed by atoms with Crippen molar-refractivity contribution < 1.29 is 38.8 Å². The van der Waals surface area contributed by atoms with E-state index in [4.69, 9.17) is 18.6 Å². The van der Waals surface area contributed by atoms with Gasteiger partial charge in [0.2, 0.25) is 0 Å². The standard InChI is InChI=1S/C63H51N4O2.Pt/c1-40-32-43-22-30-59(40)69-48-25-20-42(21-26-48)53-35-46(63(5,6)7)34-52(41-14-9-8-10-15-41)61(53)66-39-65(56-18-11-12-19-57(56)66)47-16-13-17-49(36-47)68-50-27-28-51-54-33-45(62(2,3)4)24-29-55(54)67(58(51)37-50)60-31-23-44(43)38-64-60;/h8-35,38-39H,1-7H3;/q-3;/i1D3,24D,29D,33D;. The van der Waals surface area contributed by atoms with Gasteiger partial charge in [0.05, 0.1) is 4.11 Å². The van der Waals surface area contributed by atoms with E-state index in [1.807, 2.05) is 106 Å². The molecule has 0 N–H and O–H groups in total. The smallest absolute Gasteiger partial charge is 0.135 e. The third kappa shape index (κ3) is 7.94. The maximum Gasteiger partial charge on any atom is 0.135 e. The largest absolute Gasteiger partial charge is 0.509 e. The van der Waals surface area contributed by atoms with Gasteiger partial charge in [-0.3, -0.25) is 0 Å². The zero-order valence-corrected chi connectivity index (χ0v) is 41.8. The first-order valence-corrected chi connectivity index (χ1v) is 23.2. The van der Waals surface area contributed by atoms with E-state index in [0.717, 1.165) is 50.6 Å². The molecule has 0 aliphatic carbocycles. The first-order chi connectivity index (χ1) is 35.8. The number of para-hydroxylation sites is 2. The van der Waals surface area contributed by atoms with Crippen molar-refractivity contribution in [3.63, 3.8) is 0 Å². The minimum absolute atomic E-state index is 0. The maximum atomic E-state index is 9.59. The van der Waals surface area contributed by atoms with Crippen molar-refractivity contribution in [3.8, 4) is 62.2 Å². The molecule has 12 bridgehead atoms. The molecule has 70 heavy (non-hydrogen) atoms. The Morgan fingerprint density at radius 2 is 1.29 bits per heavy atom. The van der Waals surface area contributed by atoms with Gasteiger partial charge in [-0.1, -0.05) is 120 Å². The summed E-state index contributed by atoms with van der Waals surface area (Å²) < 4.78 is 69.2. The number of fused-ring (bicyclic) bond motifs is 6. The molecule has 0 radical (unpaired) electrons. The molecule has 6 nitrogen and oxygen atoms in total. The quantitative estimate of drug-likeness (QED) is 0.153. The number of rotatable bonds is 1. The van der Waals surface area contributed by atoms with Gasteiger partial charge in [0.1, 0.15) is 17.3 Å². The van der Waals surface area contributed by atoms with Crippen LogP contribution in [0.2, 0.25) is 0 Å². The predicted molar refractivity (Wildman–Crippen MR) is 283 cm³/mol. The number of aromatic nitrogens is 2. The Labute approximate surface area is 433 Å². The topological polar surface area (TPSA) is 42.8 Å². The molecular formula is C63H51N4O2Pt-3. The van der Waals surface area contributed by atoms with E-state index in [1.54, 1.807) is 29.0 Å². The van der Waals surface area contributed by atoms with E-state index < -0.39 is 12.3 Å². The van der Waals surface area contributed by atoms with Gasteiger partial charge in [-0.2, -0.15) is 12.1 Å². The van der Waals surface area contributed by atoms with Crippen molar-refractivity contribution in [2.24, 2.45) is 0 Å². The fraction of sp³-hybridized carbons (Fsp3) is 0.143. The van der Waals surface area contributed by atoms with E-state index in [-0.39, 0.29) is 55.9 Å². The van der Waals surface area contributed by atoms with Crippen molar-refractivity contribution in [3.05, 3.63) is 211 Å². The number of nitrogens with zero attached hydrogens (tertiary/aromatic N) is 4. The number of benzene rings is 8. The number of ether oxygens (including phenoxy) is 2. The van der Waals surface area contributed by atoms with Crippen LogP contribution < -0.4 is 19.3 Å². The molecule has 0 fully saturated rings. The molecule has 8 aromatic carbocycles. The Bertz CT molecular complexity index is 3920. The summed E-state index contributed by atoms with van der Waals surface area (Å²) >= 11 is 0. The molecule has 0 spiro atoms. The molecule has 7 heteroatoms. The van der Waals surface area contributed by atoms with Crippen molar-refractivity contribution in [2.45, 2.75) is 59.2 Å². The molecule has 7 heterocycles. The molecule has 0 unspecified atom stereocenters. The first-order valence-electron chi connectivity index (χ1n) is 26.2. The molecule has 0 amide bonds.